The van der Waals surface area contributed by atoms with E-state index in [4.69, 9.17) is 0 Å². The molecule has 0 aromatic heterocycles. The number of anilines is 1. The van der Waals surface area contributed by atoms with Gasteiger partial charge in [-0.15, -0.1) is 0 Å². The van der Waals surface area contributed by atoms with E-state index in [1.807, 2.05) is 4.90 Å². The summed E-state index contributed by atoms with van der Waals surface area (Å²) < 4.78 is 93.2. The molecule has 1 aliphatic carbocycles. The maximum Gasteiger partial charge on any atom is 0.430 e. The summed E-state index contributed by atoms with van der Waals surface area (Å²) in [6, 6.07) is 7.22. The SMILES string of the molecule is CC1(CCC(=O)Nc2ccc(C(=O)N3CCN(Cc4ccc(C(O)(C(F)(F)F)C(F)(F)F)cc4)CC3)cc2F)CC1. The molecular formula is C28H30F7N3O3. The minimum absolute atomic E-state index is 0.00718. The van der Waals surface area contributed by atoms with E-state index in [0.717, 1.165) is 37.5 Å². The predicted molar refractivity (Wildman–Crippen MR) is 135 cm³/mol. The van der Waals surface area contributed by atoms with E-state index in [9.17, 15) is 45.4 Å². The zero-order valence-corrected chi connectivity index (χ0v) is 22.2. The maximum atomic E-state index is 14.6. The topological polar surface area (TPSA) is 72.9 Å². The Hall–Kier alpha value is -3.19. The first kappa shape index (κ1) is 30.8. The van der Waals surface area contributed by atoms with E-state index in [1.165, 1.54) is 17.0 Å². The minimum Gasteiger partial charge on any atom is -0.369 e. The van der Waals surface area contributed by atoms with Crippen molar-refractivity contribution in [3.8, 4) is 0 Å². The average molecular weight is 590 g/mol. The lowest BCUT2D eigenvalue weighted by molar-refractivity contribution is -0.376. The van der Waals surface area contributed by atoms with Gasteiger partial charge in [0.2, 0.25) is 5.91 Å². The van der Waals surface area contributed by atoms with Gasteiger partial charge in [0.05, 0.1) is 5.69 Å². The lowest BCUT2D eigenvalue weighted by atomic mass is 9.91. The first-order valence-electron chi connectivity index (χ1n) is 13.1. The van der Waals surface area contributed by atoms with Gasteiger partial charge in [-0.25, -0.2) is 4.39 Å². The van der Waals surface area contributed by atoms with Gasteiger partial charge in [-0.3, -0.25) is 14.5 Å². The molecule has 0 bridgehead atoms. The van der Waals surface area contributed by atoms with E-state index in [-0.39, 0.29) is 48.6 Å². The van der Waals surface area contributed by atoms with E-state index < -0.39 is 35.2 Å². The Balaban J connectivity index is 1.30. The molecule has 2 aromatic carbocycles. The molecule has 2 fully saturated rings. The van der Waals surface area contributed by atoms with Crippen LogP contribution in [-0.2, 0) is 16.9 Å². The molecule has 1 saturated carbocycles. The van der Waals surface area contributed by atoms with Crippen molar-refractivity contribution in [1.29, 1.82) is 0 Å². The summed E-state index contributed by atoms with van der Waals surface area (Å²) >= 11 is 0. The number of benzene rings is 2. The van der Waals surface area contributed by atoms with Crippen LogP contribution in [0.1, 0.15) is 54.1 Å². The standard InChI is InChI=1S/C28H30F7N3O3/c1-25(10-11-25)9-8-23(39)36-22-7-4-19(16-21(22)29)24(40)38-14-12-37(13-15-38)17-18-2-5-20(6-3-18)26(41,27(30,31)32)28(33,34)35/h2-7,16,41H,8-15,17H2,1H3,(H,36,39). The van der Waals surface area contributed by atoms with Gasteiger partial charge in [-0.05, 0) is 48.4 Å². The van der Waals surface area contributed by atoms with Crippen molar-refractivity contribution < 1.29 is 45.4 Å². The normalized spacial score (nSPS) is 17.8. The molecule has 0 spiro atoms. The number of hydrogen-bond acceptors (Lipinski definition) is 4. The summed E-state index contributed by atoms with van der Waals surface area (Å²) in [7, 11) is 0. The van der Waals surface area contributed by atoms with Gasteiger partial charge in [-0.2, -0.15) is 26.3 Å². The van der Waals surface area contributed by atoms with Gasteiger partial charge < -0.3 is 15.3 Å². The highest BCUT2D eigenvalue weighted by molar-refractivity contribution is 5.96. The Labute approximate surface area is 232 Å². The van der Waals surface area contributed by atoms with Crippen LogP contribution >= 0.6 is 0 Å². The van der Waals surface area contributed by atoms with Crippen LogP contribution in [-0.4, -0.2) is 65.3 Å². The number of carbonyl (C=O) groups excluding carboxylic acids is 2. The Morgan fingerprint density at radius 1 is 0.927 bits per heavy atom. The molecule has 6 nitrogen and oxygen atoms in total. The number of piperazine rings is 1. The van der Waals surface area contributed by atoms with Crippen molar-refractivity contribution in [3.05, 3.63) is 65.0 Å². The number of rotatable bonds is 8. The molecule has 2 amide bonds. The van der Waals surface area contributed by atoms with Gasteiger partial charge in [0.1, 0.15) is 5.82 Å². The second kappa shape index (κ2) is 11.2. The monoisotopic (exact) mass is 589 g/mol. The largest absolute Gasteiger partial charge is 0.430 e. The zero-order valence-electron chi connectivity index (χ0n) is 22.2. The second-order valence-corrected chi connectivity index (χ2v) is 11.0. The second-order valence-electron chi connectivity index (χ2n) is 11.0. The fraction of sp³-hybridized carbons (Fsp3) is 0.500. The molecule has 1 saturated heterocycles. The molecule has 2 aromatic rings. The van der Waals surface area contributed by atoms with Crippen molar-refractivity contribution in [2.24, 2.45) is 5.41 Å². The fourth-order valence-corrected chi connectivity index (χ4v) is 4.73. The van der Waals surface area contributed by atoms with Crippen molar-refractivity contribution >= 4 is 17.5 Å². The number of carbonyl (C=O) groups is 2. The summed E-state index contributed by atoms with van der Waals surface area (Å²) in [4.78, 5) is 28.4. The van der Waals surface area contributed by atoms with E-state index >= 15 is 0 Å². The van der Waals surface area contributed by atoms with E-state index in [0.29, 0.717) is 30.8 Å². The third-order valence-electron chi connectivity index (χ3n) is 7.81. The van der Waals surface area contributed by atoms with E-state index in [1.54, 1.807) is 0 Å². The van der Waals surface area contributed by atoms with Crippen LogP contribution in [0.5, 0.6) is 0 Å². The number of aliphatic hydroxyl groups is 1. The van der Waals surface area contributed by atoms with Crippen molar-refractivity contribution in [1.82, 2.24) is 9.80 Å². The van der Waals surface area contributed by atoms with Gasteiger partial charge in [-0.1, -0.05) is 31.2 Å². The molecule has 2 N–H and O–H groups in total. The number of alkyl halides is 6. The van der Waals surface area contributed by atoms with Crippen LogP contribution in [0, 0.1) is 11.2 Å². The highest BCUT2D eigenvalue weighted by atomic mass is 19.4. The van der Waals surface area contributed by atoms with Crippen LogP contribution in [0.2, 0.25) is 0 Å². The molecule has 41 heavy (non-hydrogen) atoms. The van der Waals surface area contributed by atoms with Crippen LogP contribution in [0.25, 0.3) is 0 Å². The van der Waals surface area contributed by atoms with Gasteiger partial charge >= 0.3 is 12.4 Å². The Morgan fingerprint density at radius 2 is 1.51 bits per heavy atom. The van der Waals surface area contributed by atoms with E-state index in [2.05, 4.69) is 12.2 Å². The quantitative estimate of drug-likeness (QED) is 0.393. The highest BCUT2D eigenvalue weighted by Crippen LogP contribution is 2.50. The van der Waals surface area contributed by atoms with Crippen LogP contribution in [0.15, 0.2) is 42.5 Å². The minimum atomic E-state index is -5.96. The molecule has 224 valence electrons. The number of nitrogens with zero attached hydrogens (tertiary/aromatic N) is 2. The Bertz CT molecular complexity index is 1250. The van der Waals surface area contributed by atoms with Gasteiger partial charge in [0.25, 0.3) is 11.5 Å². The smallest absolute Gasteiger partial charge is 0.369 e. The van der Waals surface area contributed by atoms with Crippen LogP contribution < -0.4 is 5.32 Å². The lowest BCUT2D eigenvalue weighted by Crippen LogP contribution is -2.53. The first-order chi connectivity index (χ1) is 19.0. The summed E-state index contributed by atoms with van der Waals surface area (Å²) in [5.74, 6) is -1.43. The number of halogens is 7. The van der Waals surface area contributed by atoms with Crippen LogP contribution in [0.4, 0.5) is 36.4 Å². The molecule has 1 heterocycles. The summed E-state index contributed by atoms with van der Waals surface area (Å²) in [6.07, 6.45) is -8.74. The van der Waals surface area contributed by atoms with Gasteiger partial charge in [0.15, 0.2) is 0 Å². The fourth-order valence-electron chi connectivity index (χ4n) is 4.73. The Kier molecular flexibility index (Phi) is 8.43. The molecule has 13 heteroatoms. The first-order valence-corrected chi connectivity index (χ1v) is 13.1. The lowest BCUT2D eigenvalue weighted by Gasteiger charge is -2.35. The molecule has 2 aliphatic rings. The number of nitrogens with one attached hydrogen (secondary N) is 1. The number of amides is 2. The molecule has 0 radical (unpaired) electrons. The molecule has 0 atom stereocenters. The molecular weight excluding hydrogens is 559 g/mol. The zero-order chi connectivity index (χ0) is 30.2. The van der Waals surface area contributed by atoms with Crippen molar-refractivity contribution in [3.63, 3.8) is 0 Å². The third-order valence-corrected chi connectivity index (χ3v) is 7.81. The number of hydrogen-bond donors (Lipinski definition) is 2. The summed E-state index contributed by atoms with van der Waals surface area (Å²) in [5.41, 5.74) is -5.60. The average Bonchev–Trinajstić information content (AvgIpc) is 3.64. The van der Waals surface area contributed by atoms with Crippen molar-refractivity contribution in [2.45, 2.75) is 57.1 Å². The molecule has 4 rings (SSSR count). The predicted octanol–water partition coefficient (Wildman–Crippen LogP) is 5.61. The maximum absolute atomic E-state index is 14.6. The van der Waals surface area contributed by atoms with Crippen molar-refractivity contribution in [2.75, 3.05) is 31.5 Å². The molecule has 0 unspecified atom stereocenters. The van der Waals surface area contributed by atoms with Gasteiger partial charge in [0, 0.05) is 50.3 Å². The highest BCUT2D eigenvalue weighted by Gasteiger charge is 2.71. The Morgan fingerprint density at radius 3 is 2.02 bits per heavy atom. The molecule has 1 aliphatic heterocycles. The van der Waals surface area contributed by atoms with Crippen LogP contribution in [0.3, 0.4) is 0 Å². The third kappa shape index (κ3) is 6.83. The summed E-state index contributed by atoms with van der Waals surface area (Å²) in [6.45, 7) is 3.54. The summed E-state index contributed by atoms with van der Waals surface area (Å²) in [5, 5.41) is 12.1.